The fourth-order valence-corrected chi connectivity index (χ4v) is 0. The van der Waals surface area contributed by atoms with E-state index in [0.29, 0.717) is 0 Å². The average molecular weight is 164 g/mol. The van der Waals surface area contributed by atoms with Gasteiger partial charge in [0.15, 0.2) is 0 Å². The van der Waals surface area contributed by atoms with Crippen LogP contribution in [0.3, 0.4) is 0 Å². The van der Waals surface area contributed by atoms with E-state index in [2.05, 4.69) is 0 Å². The molecular weight excluding hydrogens is 159 g/mol. The summed E-state index contributed by atoms with van der Waals surface area (Å²) in [6.45, 7) is 0. The fourth-order valence-electron chi connectivity index (χ4n) is 0. The van der Waals surface area contributed by atoms with E-state index in [9.17, 15) is 0 Å². The molecular formula is H5CuO4P. The molecule has 0 aliphatic rings. The molecule has 0 amide bonds. The van der Waals surface area contributed by atoms with Crippen molar-refractivity contribution in [3.8, 4) is 0 Å². The van der Waals surface area contributed by atoms with Crippen LogP contribution in [0.5, 0.6) is 0 Å². The van der Waals surface area contributed by atoms with E-state index in [4.69, 9.17) is 19.2 Å². The average Bonchev–Trinajstić information content (AvgIpc) is 0.722. The Morgan fingerprint density at radius 1 is 1.17 bits per heavy atom. The van der Waals surface area contributed by atoms with Gasteiger partial charge in [-0.3, -0.25) is 0 Å². The molecule has 1 radical (unpaired) electrons. The van der Waals surface area contributed by atoms with Crippen LogP contribution in [0.15, 0.2) is 0 Å². The van der Waals surface area contributed by atoms with Gasteiger partial charge in [0, 0.05) is 0 Å². The van der Waals surface area contributed by atoms with Crippen molar-refractivity contribution in [1.82, 2.24) is 0 Å². The van der Waals surface area contributed by atoms with Crippen molar-refractivity contribution in [2.24, 2.45) is 0 Å². The van der Waals surface area contributed by atoms with Crippen molar-refractivity contribution in [1.29, 1.82) is 0 Å². The summed E-state index contributed by atoms with van der Waals surface area (Å²) in [4.78, 5) is 21.6. The minimum atomic E-state index is -4.64. The molecule has 0 heterocycles. The Bertz CT molecular complexity index is 53.7. The molecule has 0 aromatic carbocycles. The van der Waals surface area contributed by atoms with E-state index >= 15 is 0 Å². The van der Waals surface area contributed by atoms with Gasteiger partial charge in [-0.25, -0.2) is 4.57 Å². The van der Waals surface area contributed by atoms with Crippen molar-refractivity contribution < 1.29 is 36.3 Å². The molecule has 0 fully saturated rings. The van der Waals surface area contributed by atoms with Crippen LogP contribution >= 0.6 is 7.82 Å². The summed E-state index contributed by atoms with van der Waals surface area (Å²) in [5.41, 5.74) is 0. The molecule has 4 nitrogen and oxygen atoms in total. The first kappa shape index (κ1) is 9.80. The van der Waals surface area contributed by atoms with E-state index < -0.39 is 7.82 Å². The van der Waals surface area contributed by atoms with Gasteiger partial charge in [0.2, 0.25) is 0 Å². The van der Waals surface area contributed by atoms with Crippen LogP contribution in [-0.2, 0) is 21.6 Å². The second kappa shape index (κ2) is 2.75. The summed E-state index contributed by atoms with van der Waals surface area (Å²) < 4.78 is 8.88. The Hall–Kier alpha value is 0.629. The SMILES string of the molecule is O=P(O)(O)O.[CuH2]. The molecule has 0 aliphatic carbocycles. The predicted octanol–water partition coefficient (Wildman–Crippen LogP) is -1.47. The zero-order valence-electron chi connectivity index (χ0n) is 2.53. The van der Waals surface area contributed by atoms with Gasteiger partial charge < -0.3 is 14.7 Å². The Balaban J connectivity index is 0. The first-order valence-electron chi connectivity index (χ1n) is 0.783. The van der Waals surface area contributed by atoms with E-state index in [1.54, 1.807) is 0 Å². The summed E-state index contributed by atoms with van der Waals surface area (Å²) in [5, 5.41) is 0. The minimum absolute atomic E-state index is 0. The Morgan fingerprint density at radius 2 is 1.17 bits per heavy atom. The Kier molecular flexibility index (Phi) is 4.49. The topological polar surface area (TPSA) is 77.8 Å². The molecule has 0 aromatic rings. The number of phosphoric acid groups is 1. The molecule has 0 saturated carbocycles. The number of hydrogen-bond acceptors (Lipinski definition) is 1. The molecule has 0 atom stereocenters. The number of rotatable bonds is 0. The van der Waals surface area contributed by atoms with Crippen molar-refractivity contribution >= 4 is 7.82 Å². The van der Waals surface area contributed by atoms with Crippen LogP contribution in [-0.4, -0.2) is 14.7 Å². The molecule has 6 heavy (non-hydrogen) atoms. The van der Waals surface area contributed by atoms with Gasteiger partial charge in [0.05, 0.1) is 0 Å². The van der Waals surface area contributed by atoms with Gasteiger partial charge in [-0.15, -0.1) is 0 Å². The van der Waals surface area contributed by atoms with E-state index in [-0.39, 0.29) is 17.1 Å². The summed E-state index contributed by atoms with van der Waals surface area (Å²) in [6, 6.07) is 0. The summed E-state index contributed by atoms with van der Waals surface area (Å²) in [5.74, 6) is 0. The van der Waals surface area contributed by atoms with Crippen molar-refractivity contribution in [3.05, 3.63) is 0 Å². The maximum atomic E-state index is 8.88. The summed E-state index contributed by atoms with van der Waals surface area (Å²) in [6.07, 6.45) is 0. The van der Waals surface area contributed by atoms with E-state index in [0.717, 1.165) is 0 Å². The zero-order valence-corrected chi connectivity index (χ0v) is 4.47. The molecule has 3 N–H and O–H groups in total. The molecule has 0 unspecified atom stereocenters. The molecule has 45 valence electrons. The Labute approximate surface area is 44.9 Å². The molecule has 0 bridgehead atoms. The van der Waals surface area contributed by atoms with Gasteiger partial charge in [-0.05, 0) is 0 Å². The molecule has 0 spiro atoms. The van der Waals surface area contributed by atoms with Crippen molar-refractivity contribution in [2.45, 2.75) is 0 Å². The third-order valence-electron chi connectivity index (χ3n) is 0. The third kappa shape index (κ3) is 154. The standard InChI is InChI=1S/Cu.H3O4P.2H/c;1-5(2,3)4;;/h;(H3,1,2,3,4);;. The predicted molar refractivity (Wildman–Crippen MR) is 17.1 cm³/mol. The molecule has 0 aliphatic heterocycles. The van der Waals surface area contributed by atoms with Crippen LogP contribution in [0.25, 0.3) is 0 Å². The van der Waals surface area contributed by atoms with Crippen LogP contribution < -0.4 is 0 Å². The van der Waals surface area contributed by atoms with Crippen LogP contribution in [0.4, 0.5) is 0 Å². The van der Waals surface area contributed by atoms with Gasteiger partial charge in [0.1, 0.15) is 0 Å². The monoisotopic (exact) mass is 163 g/mol. The normalized spacial score (nSPS) is 9.83. The van der Waals surface area contributed by atoms with Gasteiger partial charge in [0.25, 0.3) is 0 Å². The molecule has 0 rings (SSSR count). The molecule has 6 heteroatoms. The second-order valence-corrected chi connectivity index (χ2v) is 1.54. The molecule has 0 saturated heterocycles. The summed E-state index contributed by atoms with van der Waals surface area (Å²) in [7, 11) is -4.64. The Morgan fingerprint density at radius 3 is 1.17 bits per heavy atom. The summed E-state index contributed by atoms with van der Waals surface area (Å²) >= 11 is 0. The van der Waals surface area contributed by atoms with Crippen LogP contribution in [0.2, 0.25) is 0 Å². The van der Waals surface area contributed by atoms with Crippen LogP contribution in [0, 0.1) is 0 Å². The first-order chi connectivity index (χ1) is 2.00. The van der Waals surface area contributed by atoms with Gasteiger partial charge in [-0.1, -0.05) is 0 Å². The first-order valence-corrected chi connectivity index (χ1v) is 2.35. The van der Waals surface area contributed by atoms with Gasteiger partial charge >= 0.3 is 24.9 Å². The van der Waals surface area contributed by atoms with E-state index in [1.165, 1.54) is 0 Å². The van der Waals surface area contributed by atoms with E-state index in [1.807, 2.05) is 0 Å². The second-order valence-electron chi connectivity index (χ2n) is 0.513. The third-order valence-corrected chi connectivity index (χ3v) is 0. The van der Waals surface area contributed by atoms with Crippen molar-refractivity contribution in [3.63, 3.8) is 0 Å². The number of hydrogen-bond donors (Lipinski definition) is 3. The zero-order chi connectivity index (χ0) is 4.50. The molecule has 0 aromatic heterocycles. The fraction of sp³-hybridized carbons (Fsp3) is 0. The van der Waals surface area contributed by atoms with Crippen LogP contribution in [0.1, 0.15) is 0 Å². The maximum absolute atomic E-state index is 8.88. The van der Waals surface area contributed by atoms with Crippen molar-refractivity contribution in [2.75, 3.05) is 0 Å². The quantitative estimate of drug-likeness (QED) is 0.301. The van der Waals surface area contributed by atoms with Gasteiger partial charge in [-0.2, -0.15) is 0 Å².